The van der Waals surface area contributed by atoms with E-state index in [1.165, 1.54) is 0 Å². The summed E-state index contributed by atoms with van der Waals surface area (Å²) >= 11 is 0. The minimum absolute atomic E-state index is 0.212. The molecule has 3 aromatic carbocycles. The smallest absolute Gasteiger partial charge is 0.123 e. The van der Waals surface area contributed by atoms with Crippen molar-refractivity contribution in [2.45, 2.75) is 9.79 Å². The number of rotatable bonds is 2. The molecule has 3 rings (SSSR count). The monoisotopic (exact) mass is 268 g/mol. The van der Waals surface area contributed by atoms with E-state index in [1.807, 2.05) is 54.6 Å². The fraction of sp³-hybridized carbons (Fsp3) is 0. The Hall–Kier alpha value is -2.13. The largest absolute Gasteiger partial charge is 0.507 e. The highest BCUT2D eigenvalue weighted by Crippen LogP contribution is 2.31. The van der Waals surface area contributed by atoms with E-state index in [4.69, 9.17) is 0 Å². The van der Waals surface area contributed by atoms with Crippen molar-refractivity contribution < 1.29 is 9.32 Å². The van der Waals surface area contributed by atoms with E-state index in [-0.39, 0.29) is 5.75 Å². The Morgan fingerprint density at radius 1 is 0.737 bits per heavy atom. The molecule has 0 heterocycles. The van der Waals surface area contributed by atoms with Gasteiger partial charge in [-0.15, -0.1) is 0 Å². The van der Waals surface area contributed by atoms with Crippen molar-refractivity contribution in [1.82, 2.24) is 0 Å². The van der Waals surface area contributed by atoms with Crippen molar-refractivity contribution in [2.75, 3.05) is 0 Å². The summed E-state index contributed by atoms with van der Waals surface area (Å²) in [7, 11) is -1.24. The summed E-state index contributed by atoms with van der Waals surface area (Å²) in [6.45, 7) is 0. The van der Waals surface area contributed by atoms with Crippen LogP contribution >= 0.6 is 0 Å². The SMILES string of the molecule is O=S(c1ccccc1)c1ccc(O)c2ccccc12. The molecule has 0 saturated carbocycles. The van der Waals surface area contributed by atoms with Gasteiger partial charge in [-0.1, -0.05) is 42.5 Å². The maximum absolute atomic E-state index is 12.6. The molecule has 0 aliphatic rings. The van der Waals surface area contributed by atoms with Crippen LogP contribution in [0, 0.1) is 0 Å². The lowest BCUT2D eigenvalue weighted by molar-refractivity contribution is 0.481. The molecule has 3 aromatic rings. The summed E-state index contributed by atoms with van der Waals surface area (Å²) < 4.78 is 12.6. The van der Waals surface area contributed by atoms with Gasteiger partial charge in [-0.25, -0.2) is 4.21 Å². The second kappa shape index (κ2) is 4.86. The molecule has 19 heavy (non-hydrogen) atoms. The second-order valence-electron chi connectivity index (χ2n) is 4.21. The van der Waals surface area contributed by atoms with Gasteiger partial charge in [0.05, 0.1) is 15.7 Å². The fourth-order valence-electron chi connectivity index (χ4n) is 2.09. The Balaban J connectivity index is 2.22. The molecule has 0 aliphatic heterocycles. The average Bonchev–Trinajstić information content (AvgIpc) is 2.48. The minimum Gasteiger partial charge on any atom is -0.507 e. The van der Waals surface area contributed by atoms with Crippen LogP contribution in [0.5, 0.6) is 5.75 Å². The molecule has 0 bridgehead atoms. The quantitative estimate of drug-likeness (QED) is 0.769. The van der Waals surface area contributed by atoms with E-state index in [0.717, 1.165) is 20.6 Å². The molecule has 3 heteroatoms. The van der Waals surface area contributed by atoms with Crippen molar-refractivity contribution in [3.63, 3.8) is 0 Å². The number of hydrogen-bond donors (Lipinski definition) is 1. The van der Waals surface area contributed by atoms with E-state index in [2.05, 4.69) is 0 Å². The molecule has 0 amide bonds. The maximum atomic E-state index is 12.6. The van der Waals surface area contributed by atoms with Crippen LogP contribution in [-0.4, -0.2) is 9.32 Å². The van der Waals surface area contributed by atoms with E-state index in [0.29, 0.717) is 0 Å². The highest BCUT2D eigenvalue weighted by atomic mass is 32.2. The third kappa shape index (κ3) is 2.13. The first kappa shape index (κ1) is 11.9. The summed E-state index contributed by atoms with van der Waals surface area (Å²) in [5.74, 6) is 0.212. The zero-order valence-electron chi connectivity index (χ0n) is 10.1. The molecule has 0 saturated heterocycles. The summed E-state index contributed by atoms with van der Waals surface area (Å²) in [6, 6.07) is 20.1. The first-order chi connectivity index (χ1) is 9.27. The molecule has 0 fully saturated rings. The first-order valence-corrected chi connectivity index (χ1v) is 7.10. The third-order valence-electron chi connectivity index (χ3n) is 3.02. The highest BCUT2D eigenvalue weighted by Gasteiger charge is 2.12. The zero-order valence-corrected chi connectivity index (χ0v) is 10.9. The van der Waals surface area contributed by atoms with Crippen LogP contribution in [0.1, 0.15) is 0 Å². The fourth-order valence-corrected chi connectivity index (χ4v) is 3.32. The van der Waals surface area contributed by atoms with Crippen LogP contribution in [0.3, 0.4) is 0 Å². The number of aromatic hydroxyl groups is 1. The average molecular weight is 268 g/mol. The van der Waals surface area contributed by atoms with Crippen LogP contribution in [0.4, 0.5) is 0 Å². The Bertz CT molecular complexity index is 751. The molecular weight excluding hydrogens is 256 g/mol. The Labute approximate surface area is 113 Å². The minimum atomic E-state index is -1.24. The Morgan fingerprint density at radius 3 is 2.11 bits per heavy atom. The first-order valence-electron chi connectivity index (χ1n) is 5.95. The van der Waals surface area contributed by atoms with Gasteiger partial charge in [-0.05, 0) is 24.3 Å². The highest BCUT2D eigenvalue weighted by molar-refractivity contribution is 7.85. The predicted octanol–water partition coefficient (Wildman–Crippen LogP) is 3.71. The normalized spacial score (nSPS) is 12.4. The number of fused-ring (bicyclic) bond motifs is 1. The predicted molar refractivity (Wildman–Crippen MR) is 76.7 cm³/mol. The lowest BCUT2D eigenvalue weighted by atomic mass is 10.1. The van der Waals surface area contributed by atoms with Crippen LogP contribution in [0.2, 0.25) is 0 Å². The standard InChI is InChI=1S/C16H12O2S/c17-15-10-11-16(14-9-5-4-8-13(14)15)19(18)12-6-2-1-3-7-12/h1-11,17H. The van der Waals surface area contributed by atoms with Gasteiger partial charge in [0, 0.05) is 15.7 Å². The van der Waals surface area contributed by atoms with Crippen LogP contribution in [-0.2, 0) is 10.8 Å². The zero-order chi connectivity index (χ0) is 13.2. The van der Waals surface area contributed by atoms with Crippen molar-refractivity contribution in [2.24, 2.45) is 0 Å². The van der Waals surface area contributed by atoms with Gasteiger partial charge in [-0.3, -0.25) is 0 Å². The van der Waals surface area contributed by atoms with Gasteiger partial charge in [0.1, 0.15) is 5.75 Å². The molecular formula is C16H12O2S. The molecule has 0 spiro atoms. The molecule has 0 radical (unpaired) electrons. The Kier molecular flexibility index (Phi) is 3.05. The van der Waals surface area contributed by atoms with Gasteiger partial charge < -0.3 is 5.11 Å². The van der Waals surface area contributed by atoms with Gasteiger partial charge in [-0.2, -0.15) is 0 Å². The van der Waals surface area contributed by atoms with Crippen LogP contribution in [0.15, 0.2) is 76.5 Å². The van der Waals surface area contributed by atoms with Crippen LogP contribution < -0.4 is 0 Å². The second-order valence-corrected chi connectivity index (χ2v) is 5.66. The van der Waals surface area contributed by atoms with Crippen molar-refractivity contribution in [3.05, 3.63) is 66.7 Å². The molecule has 1 N–H and O–H groups in total. The number of benzene rings is 3. The topological polar surface area (TPSA) is 37.3 Å². The van der Waals surface area contributed by atoms with Gasteiger partial charge >= 0.3 is 0 Å². The summed E-state index contributed by atoms with van der Waals surface area (Å²) in [4.78, 5) is 1.48. The van der Waals surface area contributed by atoms with E-state index < -0.39 is 10.8 Å². The van der Waals surface area contributed by atoms with Crippen molar-refractivity contribution in [3.8, 4) is 5.75 Å². The van der Waals surface area contributed by atoms with E-state index in [1.54, 1.807) is 12.1 Å². The number of phenols is 1. The van der Waals surface area contributed by atoms with Crippen molar-refractivity contribution >= 4 is 21.6 Å². The van der Waals surface area contributed by atoms with Gasteiger partial charge in [0.2, 0.25) is 0 Å². The molecule has 2 nitrogen and oxygen atoms in total. The molecule has 94 valence electrons. The Morgan fingerprint density at radius 2 is 1.37 bits per heavy atom. The summed E-state index contributed by atoms with van der Waals surface area (Å²) in [5, 5.41) is 11.4. The van der Waals surface area contributed by atoms with E-state index in [9.17, 15) is 9.32 Å². The molecule has 0 aliphatic carbocycles. The molecule has 1 atom stereocenters. The lowest BCUT2D eigenvalue weighted by Crippen LogP contribution is -1.93. The molecule has 0 aromatic heterocycles. The summed E-state index contributed by atoms with van der Waals surface area (Å²) in [6.07, 6.45) is 0. The maximum Gasteiger partial charge on any atom is 0.123 e. The van der Waals surface area contributed by atoms with Crippen molar-refractivity contribution in [1.29, 1.82) is 0 Å². The lowest BCUT2D eigenvalue weighted by Gasteiger charge is -2.08. The third-order valence-corrected chi connectivity index (χ3v) is 4.47. The van der Waals surface area contributed by atoms with Crippen LogP contribution in [0.25, 0.3) is 10.8 Å². The molecule has 1 unspecified atom stereocenters. The van der Waals surface area contributed by atoms with E-state index >= 15 is 0 Å². The van der Waals surface area contributed by atoms with Gasteiger partial charge in [0.15, 0.2) is 0 Å². The number of phenolic OH excluding ortho intramolecular Hbond substituents is 1. The van der Waals surface area contributed by atoms with Gasteiger partial charge in [0.25, 0.3) is 0 Å². The number of hydrogen-bond acceptors (Lipinski definition) is 2. The summed E-state index contributed by atoms with van der Waals surface area (Å²) in [5.41, 5.74) is 0.